The molecule has 3 fully saturated rings. The summed E-state index contributed by atoms with van der Waals surface area (Å²) in [5, 5.41) is 17.7. The summed E-state index contributed by atoms with van der Waals surface area (Å²) in [6.07, 6.45) is 0.864. The number of anilines is 2. The number of aliphatic carboxylic acids is 1. The first-order chi connectivity index (χ1) is 20.9. The maximum Gasteiger partial charge on any atom is 0.429 e. The Morgan fingerprint density at radius 1 is 1.18 bits per heavy atom. The van der Waals surface area contributed by atoms with E-state index >= 15 is 0 Å². The van der Waals surface area contributed by atoms with E-state index in [9.17, 15) is 23.1 Å². The average Bonchev–Trinajstić information content (AvgIpc) is 3.72. The van der Waals surface area contributed by atoms with Gasteiger partial charge in [-0.2, -0.15) is 28.2 Å². The van der Waals surface area contributed by atoms with Gasteiger partial charge >= 0.3 is 12.1 Å². The van der Waals surface area contributed by atoms with Gasteiger partial charge in [0.05, 0.1) is 11.4 Å². The number of ether oxygens (including phenoxy) is 1. The van der Waals surface area contributed by atoms with E-state index in [1.54, 1.807) is 19.2 Å². The highest BCUT2D eigenvalue weighted by Gasteiger charge is 2.53. The Bertz CT molecular complexity index is 1520. The van der Waals surface area contributed by atoms with Crippen LogP contribution in [0.3, 0.4) is 0 Å². The summed E-state index contributed by atoms with van der Waals surface area (Å²) in [4.78, 5) is 22.2. The molecule has 2 saturated heterocycles. The zero-order valence-corrected chi connectivity index (χ0v) is 25.0. The van der Waals surface area contributed by atoms with E-state index in [4.69, 9.17) is 22.1 Å². The highest BCUT2D eigenvalue weighted by atomic mass is 35.5. The van der Waals surface area contributed by atoms with Crippen LogP contribution in [-0.4, -0.2) is 62.2 Å². The lowest BCUT2D eigenvalue weighted by molar-refractivity contribution is -0.198. The van der Waals surface area contributed by atoms with E-state index in [2.05, 4.69) is 20.4 Å². The van der Waals surface area contributed by atoms with Crippen molar-refractivity contribution in [3.8, 4) is 11.6 Å². The number of nitrogens with one attached hydrogen (secondary N) is 1. The highest BCUT2D eigenvalue weighted by molar-refractivity contribution is 6.30. The molecule has 2 aromatic heterocycles. The third kappa shape index (κ3) is 6.03. The van der Waals surface area contributed by atoms with Gasteiger partial charge in [0.2, 0.25) is 17.9 Å². The molecule has 1 saturated carbocycles. The number of nitrogens with two attached hydrogens (primary N) is 1. The van der Waals surface area contributed by atoms with Gasteiger partial charge in [0, 0.05) is 42.0 Å². The summed E-state index contributed by atoms with van der Waals surface area (Å²) in [6.45, 7) is 2.83. The van der Waals surface area contributed by atoms with Crippen LogP contribution in [0.25, 0.3) is 5.69 Å². The van der Waals surface area contributed by atoms with Crippen LogP contribution in [0.5, 0.6) is 5.88 Å². The summed E-state index contributed by atoms with van der Waals surface area (Å²) in [5.41, 5.74) is 6.38. The second-order valence-electron chi connectivity index (χ2n) is 12.2. The van der Waals surface area contributed by atoms with Crippen molar-refractivity contribution in [2.75, 3.05) is 23.7 Å². The summed E-state index contributed by atoms with van der Waals surface area (Å²) >= 11 is 6.16. The fraction of sp³-hybridized carbons (Fsp3) is 0.533. The van der Waals surface area contributed by atoms with E-state index in [-0.39, 0.29) is 39.6 Å². The zero-order chi connectivity index (χ0) is 31.2. The van der Waals surface area contributed by atoms with Gasteiger partial charge in [-0.15, -0.1) is 0 Å². The topological polar surface area (TPSA) is 131 Å². The van der Waals surface area contributed by atoms with Gasteiger partial charge in [-0.3, -0.25) is 4.79 Å². The Balaban J connectivity index is 1.25. The lowest BCUT2D eigenvalue weighted by Crippen LogP contribution is -2.49. The fourth-order valence-corrected chi connectivity index (χ4v) is 7.50. The first-order valence-corrected chi connectivity index (χ1v) is 15.2. The quantitative estimate of drug-likeness (QED) is 0.309. The minimum atomic E-state index is -4.81. The summed E-state index contributed by atoms with van der Waals surface area (Å²) in [5.74, 6) is -0.549. The molecule has 0 bridgehead atoms. The van der Waals surface area contributed by atoms with Gasteiger partial charge in [-0.1, -0.05) is 30.5 Å². The van der Waals surface area contributed by atoms with E-state index < -0.39 is 24.3 Å². The van der Waals surface area contributed by atoms with Crippen molar-refractivity contribution in [3.05, 3.63) is 52.8 Å². The van der Waals surface area contributed by atoms with Crippen molar-refractivity contribution in [2.24, 2.45) is 11.3 Å². The molecule has 236 valence electrons. The summed E-state index contributed by atoms with van der Waals surface area (Å²) < 4.78 is 50.5. The summed E-state index contributed by atoms with van der Waals surface area (Å²) in [6, 6.07) is 6.64. The maximum atomic E-state index is 14.6. The molecule has 1 spiro atoms. The number of hydrogen-bond acceptors (Lipinski definition) is 8. The Labute approximate surface area is 257 Å². The van der Waals surface area contributed by atoms with Crippen molar-refractivity contribution >= 4 is 29.3 Å². The van der Waals surface area contributed by atoms with Crippen molar-refractivity contribution in [2.45, 2.75) is 76.2 Å². The molecule has 3 aliphatic rings. The number of hydrogen-bond donors (Lipinski definition) is 3. The second-order valence-corrected chi connectivity index (χ2v) is 12.6. The number of nitrogens with zero attached hydrogens (tertiary/aromatic N) is 5. The van der Waals surface area contributed by atoms with Gasteiger partial charge in [0.15, 0.2) is 0 Å². The lowest BCUT2D eigenvalue weighted by atomic mass is 9.68. The summed E-state index contributed by atoms with van der Waals surface area (Å²) in [7, 11) is 0. The van der Waals surface area contributed by atoms with Gasteiger partial charge in [0.25, 0.3) is 0 Å². The predicted molar refractivity (Wildman–Crippen MR) is 158 cm³/mol. The Morgan fingerprint density at radius 2 is 1.91 bits per heavy atom. The number of halogens is 4. The highest BCUT2D eigenvalue weighted by Crippen LogP contribution is 2.50. The third-order valence-corrected chi connectivity index (χ3v) is 9.63. The number of alkyl halides is 3. The SMILES string of the molecule is Cc1ccn(-c2cc(Cl)ccc2[C@@H](Oc2cc(N3CCC4(CC3)CC(C(=O)O)NC4C3CCCC3)nc(N)n2)C(F)(F)F)n1. The molecule has 0 amide bonds. The van der Waals surface area contributed by atoms with Crippen LogP contribution in [0.4, 0.5) is 24.9 Å². The predicted octanol–water partition coefficient (Wildman–Crippen LogP) is 5.48. The van der Waals surface area contributed by atoms with Crippen LogP contribution in [-0.2, 0) is 4.79 Å². The Morgan fingerprint density at radius 3 is 2.55 bits per heavy atom. The van der Waals surface area contributed by atoms with Crippen LogP contribution >= 0.6 is 11.6 Å². The van der Waals surface area contributed by atoms with Gasteiger partial charge in [0.1, 0.15) is 11.9 Å². The van der Waals surface area contributed by atoms with Crippen LogP contribution in [0.1, 0.15) is 62.3 Å². The average molecular weight is 634 g/mol. The molecular weight excluding hydrogens is 599 g/mol. The normalized spacial score (nSPS) is 22.9. The number of carboxylic acid groups (broad SMARTS) is 1. The number of benzene rings is 1. The monoisotopic (exact) mass is 633 g/mol. The van der Waals surface area contributed by atoms with E-state index in [0.717, 1.165) is 38.5 Å². The minimum Gasteiger partial charge on any atom is -0.480 e. The van der Waals surface area contributed by atoms with Crippen molar-refractivity contribution in [1.29, 1.82) is 0 Å². The number of aryl methyl sites for hydroxylation is 1. The molecule has 14 heteroatoms. The van der Waals surface area contributed by atoms with E-state index in [1.165, 1.54) is 28.9 Å². The Hall–Kier alpha value is -3.58. The van der Waals surface area contributed by atoms with Gasteiger partial charge in [-0.05, 0) is 68.6 Å². The first-order valence-electron chi connectivity index (χ1n) is 14.9. The molecule has 3 aromatic rings. The molecule has 44 heavy (non-hydrogen) atoms. The number of carboxylic acids is 1. The molecule has 6 rings (SSSR count). The zero-order valence-electron chi connectivity index (χ0n) is 24.2. The standard InChI is InChI=1S/C30H35ClF3N7O3/c1-17-8-11-41(39-17)22-14-19(31)6-7-20(22)26(30(32,33)34)44-24-15-23(37-28(35)38-24)40-12-9-29(10-13-40)16-21(27(42)43)36-25(29)18-4-2-3-5-18/h6-8,11,14-15,18,21,25-26,36H,2-5,9-10,12-13,16H2,1H3,(H,42,43)(H2,35,37,38)/t21?,25?,26-/m1/s1. The van der Waals surface area contributed by atoms with Crippen LogP contribution < -0.4 is 20.7 Å². The first kappa shape index (κ1) is 30.4. The fourth-order valence-electron chi connectivity index (χ4n) is 7.33. The van der Waals surface area contributed by atoms with Gasteiger partial charge in [-0.25, -0.2) is 4.68 Å². The lowest BCUT2D eigenvalue weighted by Gasteiger charge is -2.45. The van der Waals surface area contributed by atoms with Crippen LogP contribution in [0.2, 0.25) is 5.02 Å². The van der Waals surface area contributed by atoms with E-state index in [0.29, 0.717) is 36.9 Å². The maximum absolute atomic E-state index is 14.6. The number of carbonyl (C=O) groups is 1. The van der Waals surface area contributed by atoms with E-state index in [1.807, 2.05) is 4.90 Å². The molecule has 4 N–H and O–H groups in total. The van der Waals surface area contributed by atoms with Crippen LogP contribution in [0, 0.1) is 18.3 Å². The smallest absolute Gasteiger partial charge is 0.429 e. The van der Waals surface area contributed by atoms with Crippen LogP contribution in [0.15, 0.2) is 36.5 Å². The van der Waals surface area contributed by atoms with Crippen molar-refractivity contribution in [3.63, 3.8) is 0 Å². The number of nitrogen functional groups attached to an aromatic ring is 1. The number of rotatable bonds is 7. The van der Waals surface area contributed by atoms with Gasteiger partial charge < -0.3 is 25.8 Å². The Kier molecular flexibility index (Phi) is 8.12. The molecule has 2 unspecified atom stereocenters. The molecule has 1 aliphatic carbocycles. The third-order valence-electron chi connectivity index (χ3n) is 9.39. The number of piperidine rings is 1. The largest absolute Gasteiger partial charge is 0.480 e. The molecular formula is C30H35ClF3N7O3. The molecule has 4 heterocycles. The second kappa shape index (κ2) is 11.7. The van der Waals surface area contributed by atoms with Crippen molar-refractivity contribution < 1.29 is 27.8 Å². The molecule has 1 aromatic carbocycles. The molecule has 10 nitrogen and oxygen atoms in total. The van der Waals surface area contributed by atoms with Crippen molar-refractivity contribution in [1.82, 2.24) is 25.1 Å². The molecule has 2 aliphatic heterocycles. The minimum absolute atomic E-state index is 0.123. The molecule has 0 radical (unpaired) electrons. The molecule has 3 atom stereocenters. The number of aromatic nitrogens is 4.